The molecular formula is C12H15F2NO. The molecular weight excluding hydrogens is 212 g/mol. The van der Waals surface area contributed by atoms with Crippen LogP contribution in [0.1, 0.15) is 30.6 Å². The van der Waals surface area contributed by atoms with Crippen LogP contribution in [0.5, 0.6) is 0 Å². The zero-order valence-electron chi connectivity index (χ0n) is 9.39. The molecule has 16 heavy (non-hydrogen) atoms. The highest BCUT2D eigenvalue weighted by atomic mass is 19.2. The van der Waals surface area contributed by atoms with E-state index >= 15 is 0 Å². The van der Waals surface area contributed by atoms with Crippen molar-refractivity contribution in [3.8, 4) is 0 Å². The first-order chi connectivity index (χ1) is 7.56. The molecule has 1 aromatic carbocycles. The minimum Gasteiger partial charge on any atom is -0.314 e. The Morgan fingerprint density at radius 1 is 1.44 bits per heavy atom. The molecule has 0 aromatic heterocycles. The maximum absolute atomic E-state index is 13.3. The van der Waals surface area contributed by atoms with Crippen LogP contribution in [0.15, 0.2) is 18.2 Å². The normalized spacial score (nSPS) is 12.5. The van der Waals surface area contributed by atoms with Gasteiger partial charge in [0.05, 0.1) is 5.56 Å². The van der Waals surface area contributed by atoms with Crippen molar-refractivity contribution < 1.29 is 13.6 Å². The first kappa shape index (κ1) is 12.8. The van der Waals surface area contributed by atoms with Crippen LogP contribution in [0, 0.1) is 11.6 Å². The van der Waals surface area contributed by atoms with Crippen molar-refractivity contribution in [2.45, 2.75) is 26.3 Å². The molecule has 88 valence electrons. The summed E-state index contributed by atoms with van der Waals surface area (Å²) in [6.45, 7) is 4.49. The predicted molar refractivity (Wildman–Crippen MR) is 58.4 cm³/mol. The van der Waals surface area contributed by atoms with Gasteiger partial charge in [-0.15, -0.1) is 0 Å². The second kappa shape index (κ2) is 5.70. The standard InChI is InChI=1S/C12H15F2NO/c1-3-15-8(2)7-11(16)9-5-4-6-10(13)12(9)14/h4-6,8,15H,3,7H2,1-2H3. The maximum atomic E-state index is 13.3. The summed E-state index contributed by atoms with van der Waals surface area (Å²) >= 11 is 0. The van der Waals surface area contributed by atoms with E-state index in [0.717, 1.165) is 12.6 Å². The third-order valence-corrected chi connectivity index (χ3v) is 2.30. The van der Waals surface area contributed by atoms with Gasteiger partial charge >= 0.3 is 0 Å². The van der Waals surface area contributed by atoms with Crippen LogP contribution in [-0.2, 0) is 0 Å². The van der Waals surface area contributed by atoms with Crippen LogP contribution in [-0.4, -0.2) is 18.4 Å². The number of benzene rings is 1. The number of hydrogen-bond acceptors (Lipinski definition) is 2. The van der Waals surface area contributed by atoms with Crippen LogP contribution >= 0.6 is 0 Å². The minimum atomic E-state index is -1.06. The first-order valence-corrected chi connectivity index (χ1v) is 5.26. The van der Waals surface area contributed by atoms with Gasteiger partial charge in [-0.2, -0.15) is 0 Å². The predicted octanol–water partition coefficient (Wildman–Crippen LogP) is 2.54. The van der Waals surface area contributed by atoms with E-state index in [4.69, 9.17) is 0 Å². The van der Waals surface area contributed by atoms with Gasteiger partial charge in [0, 0.05) is 12.5 Å². The summed E-state index contributed by atoms with van der Waals surface area (Å²) in [6, 6.07) is 3.60. The summed E-state index contributed by atoms with van der Waals surface area (Å²) in [4.78, 5) is 11.7. The number of carbonyl (C=O) groups excluding carboxylic acids is 1. The highest BCUT2D eigenvalue weighted by Gasteiger charge is 2.16. The quantitative estimate of drug-likeness (QED) is 0.783. The lowest BCUT2D eigenvalue weighted by Gasteiger charge is -2.11. The smallest absolute Gasteiger partial charge is 0.169 e. The molecule has 4 heteroatoms. The zero-order chi connectivity index (χ0) is 12.1. The van der Waals surface area contributed by atoms with E-state index in [1.54, 1.807) is 0 Å². The van der Waals surface area contributed by atoms with E-state index in [2.05, 4.69) is 5.32 Å². The van der Waals surface area contributed by atoms with Gasteiger partial charge in [-0.3, -0.25) is 4.79 Å². The lowest BCUT2D eigenvalue weighted by atomic mass is 10.0. The van der Waals surface area contributed by atoms with E-state index in [1.807, 2.05) is 13.8 Å². The molecule has 0 amide bonds. The zero-order valence-corrected chi connectivity index (χ0v) is 9.39. The van der Waals surface area contributed by atoms with Crippen LogP contribution < -0.4 is 5.32 Å². The fourth-order valence-electron chi connectivity index (χ4n) is 1.53. The Hall–Kier alpha value is -1.29. The van der Waals surface area contributed by atoms with Crippen molar-refractivity contribution in [3.05, 3.63) is 35.4 Å². The van der Waals surface area contributed by atoms with Gasteiger partial charge < -0.3 is 5.32 Å². The molecule has 1 unspecified atom stereocenters. The lowest BCUT2D eigenvalue weighted by molar-refractivity contribution is 0.0967. The van der Waals surface area contributed by atoms with Crippen molar-refractivity contribution in [2.24, 2.45) is 0 Å². The summed E-state index contributed by atoms with van der Waals surface area (Å²) in [6.07, 6.45) is 0.161. The minimum absolute atomic E-state index is 0.0415. The molecule has 1 aromatic rings. The highest BCUT2D eigenvalue weighted by molar-refractivity contribution is 5.96. The molecule has 0 aliphatic carbocycles. The van der Waals surface area contributed by atoms with Gasteiger partial charge in [0.15, 0.2) is 17.4 Å². The Bertz CT molecular complexity index is 379. The van der Waals surface area contributed by atoms with Gasteiger partial charge in [-0.05, 0) is 25.6 Å². The van der Waals surface area contributed by atoms with Crippen molar-refractivity contribution >= 4 is 5.78 Å². The number of nitrogens with one attached hydrogen (secondary N) is 1. The monoisotopic (exact) mass is 227 g/mol. The van der Waals surface area contributed by atoms with Crippen molar-refractivity contribution in [2.75, 3.05) is 6.54 Å². The largest absolute Gasteiger partial charge is 0.314 e. The second-order valence-electron chi connectivity index (χ2n) is 3.69. The van der Waals surface area contributed by atoms with Crippen LogP contribution in [0.25, 0.3) is 0 Å². The van der Waals surface area contributed by atoms with E-state index in [9.17, 15) is 13.6 Å². The first-order valence-electron chi connectivity index (χ1n) is 5.26. The molecule has 2 nitrogen and oxygen atoms in total. The van der Waals surface area contributed by atoms with E-state index < -0.39 is 11.6 Å². The van der Waals surface area contributed by atoms with E-state index in [1.165, 1.54) is 12.1 Å². The molecule has 0 radical (unpaired) electrons. The third-order valence-electron chi connectivity index (χ3n) is 2.30. The van der Waals surface area contributed by atoms with Gasteiger partial charge in [-0.25, -0.2) is 8.78 Å². The Morgan fingerprint density at radius 2 is 2.12 bits per heavy atom. The summed E-state index contributed by atoms with van der Waals surface area (Å²) in [5, 5.41) is 3.04. The molecule has 1 N–H and O–H groups in total. The van der Waals surface area contributed by atoms with Gasteiger partial charge in [0.2, 0.25) is 0 Å². The Morgan fingerprint density at radius 3 is 2.75 bits per heavy atom. The highest BCUT2D eigenvalue weighted by Crippen LogP contribution is 2.14. The van der Waals surface area contributed by atoms with Crippen LogP contribution in [0.3, 0.4) is 0 Å². The fourth-order valence-corrected chi connectivity index (χ4v) is 1.53. The van der Waals surface area contributed by atoms with Crippen molar-refractivity contribution in [1.82, 2.24) is 5.32 Å². The fraction of sp³-hybridized carbons (Fsp3) is 0.417. The second-order valence-corrected chi connectivity index (χ2v) is 3.69. The topological polar surface area (TPSA) is 29.1 Å². The van der Waals surface area contributed by atoms with Crippen LogP contribution in [0.2, 0.25) is 0 Å². The van der Waals surface area contributed by atoms with Gasteiger partial charge in [0.25, 0.3) is 0 Å². The summed E-state index contributed by atoms with van der Waals surface area (Å²) in [5.41, 5.74) is -0.176. The van der Waals surface area contributed by atoms with Crippen molar-refractivity contribution in [3.63, 3.8) is 0 Å². The number of rotatable bonds is 5. The number of carbonyl (C=O) groups is 1. The summed E-state index contributed by atoms with van der Waals surface area (Å²) < 4.78 is 26.2. The SMILES string of the molecule is CCNC(C)CC(=O)c1cccc(F)c1F. The molecule has 0 aliphatic rings. The lowest BCUT2D eigenvalue weighted by Crippen LogP contribution is -2.28. The Labute approximate surface area is 93.7 Å². The molecule has 1 atom stereocenters. The van der Waals surface area contributed by atoms with Gasteiger partial charge in [0.1, 0.15) is 0 Å². The van der Waals surface area contributed by atoms with E-state index in [0.29, 0.717) is 0 Å². The third kappa shape index (κ3) is 3.10. The molecule has 0 aliphatic heterocycles. The van der Waals surface area contributed by atoms with Crippen molar-refractivity contribution in [1.29, 1.82) is 0 Å². The average molecular weight is 227 g/mol. The molecule has 0 saturated heterocycles. The Kier molecular flexibility index (Phi) is 4.55. The molecule has 0 bridgehead atoms. The molecule has 0 saturated carbocycles. The molecule has 0 spiro atoms. The number of ketones is 1. The van der Waals surface area contributed by atoms with E-state index in [-0.39, 0.29) is 23.8 Å². The summed E-state index contributed by atoms with van der Waals surface area (Å²) in [7, 11) is 0. The number of halogens is 2. The molecule has 1 rings (SSSR count). The Balaban J connectivity index is 2.77. The summed E-state index contributed by atoms with van der Waals surface area (Å²) in [5.74, 6) is -2.43. The number of Topliss-reactive ketones (excluding diaryl/α,β-unsaturated/α-hetero) is 1. The maximum Gasteiger partial charge on any atom is 0.169 e. The molecule has 0 heterocycles. The average Bonchev–Trinajstić information content (AvgIpc) is 2.22. The van der Waals surface area contributed by atoms with Gasteiger partial charge in [-0.1, -0.05) is 13.0 Å². The number of hydrogen-bond donors (Lipinski definition) is 1. The molecule has 0 fully saturated rings. The van der Waals surface area contributed by atoms with Crippen LogP contribution in [0.4, 0.5) is 8.78 Å².